The van der Waals surface area contributed by atoms with Crippen LogP contribution in [0.2, 0.25) is 4.34 Å². The molecule has 0 bridgehead atoms. The number of sulfone groups is 1. The molecule has 100 valence electrons. The third-order valence-electron chi connectivity index (χ3n) is 2.90. The molecule has 18 heavy (non-hydrogen) atoms. The first-order valence-corrected chi connectivity index (χ1v) is 8.23. The predicted molar refractivity (Wildman–Crippen MR) is 69.9 cm³/mol. The van der Waals surface area contributed by atoms with E-state index in [4.69, 9.17) is 11.6 Å². The van der Waals surface area contributed by atoms with Crippen molar-refractivity contribution in [2.45, 2.75) is 12.1 Å². The summed E-state index contributed by atoms with van der Waals surface area (Å²) in [6.45, 7) is 0. The Morgan fingerprint density at radius 2 is 2.17 bits per heavy atom. The number of halogens is 1. The number of likely N-dealkylation sites (N-methyl/N-ethyl adjacent to an activating group) is 1. The van der Waals surface area contributed by atoms with Gasteiger partial charge in [-0.2, -0.15) is 0 Å². The molecule has 0 radical (unpaired) electrons. The van der Waals surface area contributed by atoms with E-state index in [1.807, 2.05) is 0 Å². The molecule has 1 N–H and O–H groups in total. The van der Waals surface area contributed by atoms with Crippen LogP contribution in [0.4, 0.5) is 0 Å². The Morgan fingerprint density at radius 1 is 1.50 bits per heavy atom. The number of carbonyl (C=O) groups is 1. The number of hydrogen-bond acceptors (Lipinski definition) is 5. The van der Waals surface area contributed by atoms with Gasteiger partial charge in [0.15, 0.2) is 9.84 Å². The molecule has 0 aliphatic carbocycles. The molecule has 5 nitrogen and oxygen atoms in total. The third kappa shape index (κ3) is 2.69. The monoisotopic (exact) mass is 309 g/mol. The topological polar surface area (TPSA) is 74.7 Å². The molecule has 0 saturated carbocycles. The molecule has 0 spiro atoms. The summed E-state index contributed by atoms with van der Waals surface area (Å²) in [6, 6.07) is 2.50. The van der Waals surface area contributed by atoms with Gasteiger partial charge < -0.3 is 10.0 Å². The predicted octanol–water partition coefficient (Wildman–Crippen LogP) is 0.631. The van der Waals surface area contributed by atoms with Crippen LogP contribution < -0.4 is 0 Å². The van der Waals surface area contributed by atoms with Crippen molar-refractivity contribution in [3.8, 4) is 0 Å². The van der Waals surface area contributed by atoms with Crippen molar-refractivity contribution in [3.63, 3.8) is 0 Å². The summed E-state index contributed by atoms with van der Waals surface area (Å²) in [4.78, 5) is 13.8. The van der Waals surface area contributed by atoms with Crippen LogP contribution in [-0.2, 0) is 9.84 Å². The number of amides is 1. The second kappa shape index (κ2) is 4.80. The van der Waals surface area contributed by atoms with Gasteiger partial charge >= 0.3 is 0 Å². The molecule has 1 aromatic rings. The largest absolute Gasteiger partial charge is 0.390 e. The highest BCUT2D eigenvalue weighted by Gasteiger charge is 2.40. The molecule has 1 aliphatic rings. The summed E-state index contributed by atoms with van der Waals surface area (Å²) in [6.07, 6.45) is -1.03. The number of nitrogens with zero attached hydrogens (tertiary/aromatic N) is 1. The van der Waals surface area contributed by atoms with E-state index in [9.17, 15) is 18.3 Å². The zero-order valence-corrected chi connectivity index (χ0v) is 11.9. The molecule has 8 heteroatoms. The second-order valence-corrected chi connectivity index (χ2v) is 8.10. The van der Waals surface area contributed by atoms with Crippen molar-refractivity contribution in [1.29, 1.82) is 0 Å². The Hall–Kier alpha value is -0.630. The van der Waals surface area contributed by atoms with Crippen molar-refractivity contribution in [3.05, 3.63) is 21.3 Å². The van der Waals surface area contributed by atoms with Gasteiger partial charge in [0, 0.05) is 7.05 Å². The number of aliphatic hydroxyl groups is 1. The summed E-state index contributed by atoms with van der Waals surface area (Å²) in [5.41, 5.74) is 0. The molecule has 0 aromatic carbocycles. The summed E-state index contributed by atoms with van der Waals surface area (Å²) in [7, 11) is -1.78. The summed E-state index contributed by atoms with van der Waals surface area (Å²) in [5, 5.41) is 9.70. The molecular weight excluding hydrogens is 298 g/mol. The standard InChI is InChI=1S/C10H12ClNO4S2/c1-12(6-4-18(15,16)5-7(6)13)10(14)8-2-3-9(11)17-8/h2-3,6-7,13H,4-5H2,1H3/t6-,7-/m1/s1. The zero-order valence-electron chi connectivity index (χ0n) is 9.54. The van der Waals surface area contributed by atoms with E-state index in [0.717, 1.165) is 11.3 Å². The van der Waals surface area contributed by atoms with Gasteiger partial charge in [-0.25, -0.2) is 8.42 Å². The lowest BCUT2D eigenvalue weighted by molar-refractivity contribution is 0.0585. The quantitative estimate of drug-likeness (QED) is 0.869. The van der Waals surface area contributed by atoms with Crippen LogP contribution in [0.15, 0.2) is 12.1 Å². The molecular formula is C10H12ClNO4S2. The van der Waals surface area contributed by atoms with Gasteiger partial charge in [-0.05, 0) is 12.1 Å². The molecule has 1 fully saturated rings. The Labute approximate surface area is 114 Å². The molecule has 0 unspecified atom stereocenters. The lowest BCUT2D eigenvalue weighted by atomic mass is 10.2. The van der Waals surface area contributed by atoms with Gasteiger partial charge in [-0.3, -0.25) is 4.79 Å². The molecule has 2 atom stereocenters. The first-order valence-electron chi connectivity index (χ1n) is 5.21. The smallest absolute Gasteiger partial charge is 0.264 e. The van der Waals surface area contributed by atoms with E-state index in [2.05, 4.69) is 0 Å². The minimum Gasteiger partial charge on any atom is -0.390 e. The average molecular weight is 310 g/mol. The van der Waals surface area contributed by atoms with E-state index >= 15 is 0 Å². The van der Waals surface area contributed by atoms with Gasteiger partial charge in [-0.15, -0.1) is 11.3 Å². The Morgan fingerprint density at radius 3 is 2.61 bits per heavy atom. The lowest BCUT2D eigenvalue weighted by Gasteiger charge is -2.25. The van der Waals surface area contributed by atoms with Crippen molar-refractivity contribution in [2.24, 2.45) is 0 Å². The van der Waals surface area contributed by atoms with E-state index in [0.29, 0.717) is 9.21 Å². The Balaban J connectivity index is 2.17. The van der Waals surface area contributed by atoms with Crippen LogP contribution in [0, 0.1) is 0 Å². The fourth-order valence-electron chi connectivity index (χ4n) is 1.93. The maximum atomic E-state index is 12.1. The van der Waals surface area contributed by atoms with Gasteiger partial charge in [0.05, 0.1) is 32.9 Å². The van der Waals surface area contributed by atoms with E-state index in [1.54, 1.807) is 12.1 Å². The van der Waals surface area contributed by atoms with Crippen molar-refractivity contribution in [1.82, 2.24) is 4.90 Å². The van der Waals surface area contributed by atoms with Crippen molar-refractivity contribution >= 4 is 38.7 Å². The average Bonchev–Trinajstić information content (AvgIpc) is 2.80. The van der Waals surface area contributed by atoms with Crippen LogP contribution in [-0.4, -0.2) is 55.0 Å². The summed E-state index contributed by atoms with van der Waals surface area (Å²) >= 11 is 6.87. The highest BCUT2D eigenvalue weighted by molar-refractivity contribution is 7.91. The fraction of sp³-hybridized carbons (Fsp3) is 0.500. The van der Waals surface area contributed by atoms with Crippen LogP contribution in [0.25, 0.3) is 0 Å². The molecule has 1 amide bonds. The van der Waals surface area contributed by atoms with Crippen molar-refractivity contribution < 1.29 is 18.3 Å². The van der Waals surface area contributed by atoms with Crippen LogP contribution in [0.3, 0.4) is 0 Å². The first kappa shape index (κ1) is 13.8. The van der Waals surface area contributed by atoms with Gasteiger partial charge in [-0.1, -0.05) is 11.6 Å². The van der Waals surface area contributed by atoms with Crippen LogP contribution in [0.5, 0.6) is 0 Å². The number of aliphatic hydroxyl groups excluding tert-OH is 1. The molecule has 2 heterocycles. The maximum Gasteiger partial charge on any atom is 0.264 e. The van der Waals surface area contributed by atoms with E-state index in [1.165, 1.54) is 11.9 Å². The third-order valence-corrected chi connectivity index (χ3v) is 5.81. The van der Waals surface area contributed by atoms with Gasteiger partial charge in [0.1, 0.15) is 0 Å². The van der Waals surface area contributed by atoms with E-state index in [-0.39, 0.29) is 17.4 Å². The zero-order chi connectivity index (χ0) is 13.5. The molecule has 1 aromatic heterocycles. The van der Waals surface area contributed by atoms with E-state index < -0.39 is 22.0 Å². The molecule has 2 rings (SSSR count). The highest BCUT2D eigenvalue weighted by atomic mass is 35.5. The first-order chi connectivity index (χ1) is 8.30. The highest BCUT2D eigenvalue weighted by Crippen LogP contribution is 2.25. The lowest BCUT2D eigenvalue weighted by Crippen LogP contribution is -2.43. The minimum atomic E-state index is -3.27. The number of rotatable bonds is 2. The minimum absolute atomic E-state index is 0.199. The van der Waals surface area contributed by atoms with Gasteiger partial charge in [0.2, 0.25) is 0 Å². The molecule has 1 aliphatic heterocycles. The SMILES string of the molecule is CN(C(=O)c1ccc(Cl)s1)[C@@H]1CS(=O)(=O)C[C@H]1O. The second-order valence-electron chi connectivity index (χ2n) is 4.23. The van der Waals surface area contributed by atoms with Crippen molar-refractivity contribution in [2.75, 3.05) is 18.6 Å². The normalized spacial score (nSPS) is 26.2. The van der Waals surface area contributed by atoms with Crippen LogP contribution >= 0.6 is 22.9 Å². The number of hydrogen-bond donors (Lipinski definition) is 1. The maximum absolute atomic E-state index is 12.1. The fourth-order valence-corrected chi connectivity index (χ4v) is 4.80. The molecule has 1 saturated heterocycles. The number of thiophene rings is 1. The number of carbonyl (C=O) groups excluding carboxylic acids is 1. The summed E-state index contributed by atoms with van der Waals surface area (Å²) < 4.78 is 23.3. The summed E-state index contributed by atoms with van der Waals surface area (Å²) in [5.74, 6) is -0.816. The Kier molecular flexibility index (Phi) is 3.68. The van der Waals surface area contributed by atoms with Gasteiger partial charge in [0.25, 0.3) is 5.91 Å². The van der Waals surface area contributed by atoms with Crippen LogP contribution in [0.1, 0.15) is 9.67 Å². The Bertz CT molecular complexity index is 568.